The van der Waals surface area contributed by atoms with Crippen molar-refractivity contribution in [1.82, 2.24) is 0 Å². The fourth-order valence-corrected chi connectivity index (χ4v) is 1.44. The Hall–Kier alpha value is -0.660. The second kappa shape index (κ2) is 3.49. The number of Topliss-reactive ketones (excluding diaryl/α,β-unsaturated/α-hetero) is 1. The largest absolute Gasteiger partial charge is 0.303 e. The van der Waals surface area contributed by atoms with Crippen LogP contribution in [-0.4, -0.2) is 12.1 Å². The van der Waals surface area contributed by atoms with E-state index in [4.69, 9.17) is 0 Å². The summed E-state index contributed by atoms with van der Waals surface area (Å²) in [5.74, 6) is 0.883. The lowest BCUT2D eigenvalue weighted by atomic mass is 10.0. The number of carbonyl (C=O) groups excluding carboxylic acids is 2. The molecular weight excluding hydrogens is 128 g/mol. The molecule has 1 aliphatic carbocycles. The van der Waals surface area contributed by atoms with Crippen molar-refractivity contribution in [1.29, 1.82) is 0 Å². The highest BCUT2D eigenvalue weighted by Gasteiger charge is 2.20. The number of hydrogen-bond donors (Lipinski definition) is 0. The van der Waals surface area contributed by atoms with Crippen molar-refractivity contribution in [2.24, 2.45) is 5.92 Å². The standard InChI is InChI=1S/C8H12O2/c9-5-1-2-7-3-4-8(10)6-7/h5,7H,1-4,6H2/t7-/m1/s1. The highest BCUT2D eigenvalue weighted by molar-refractivity contribution is 5.80. The average molecular weight is 140 g/mol. The van der Waals surface area contributed by atoms with Gasteiger partial charge in [0.15, 0.2) is 0 Å². The van der Waals surface area contributed by atoms with Gasteiger partial charge < -0.3 is 4.79 Å². The van der Waals surface area contributed by atoms with Gasteiger partial charge in [-0.15, -0.1) is 0 Å². The first kappa shape index (κ1) is 7.45. The van der Waals surface area contributed by atoms with Crippen molar-refractivity contribution >= 4 is 12.1 Å². The Labute approximate surface area is 60.6 Å². The van der Waals surface area contributed by atoms with Crippen LogP contribution in [0, 0.1) is 5.92 Å². The molecule has 0 heterocycles. The van der Waals surface area contributed by atoms with Gasteiger partial charge in [0, 0.05) is 19.3 Å². The van der Waals surface area contributed by atoms with Gasteiger partial charge in [-0.05, 0) is 18.8 Å². The highest BCUT2D eigenvalue weighted by atomic mass is 16.1. The number of hydrogen-bond acceptors (Lipinski definition) is 2. The fourth-order valence-electron chi connectivity index (χ4n) is 1.44. The lowest BCUT2D eigenvalue weighted by molar-refractivity contribution is -0.117. The van der Waals surface area contributed by atoms with Gasteiger partial charge >= 0.3 is 0 Å². The molecule has 0 radical (unpaired) electrons. The lowest BCUT2D eigenvalue weighted by Gasteiger charge is -2.01. The van der Waals surface area contributed by atoms with E-state index in [2.05, 4.69) is 0 Å². The van der Waals surface area contributed by atoms with Crippen LogP contribution in [-0.2, 0) is 9.59 Å². The van der Waals surface area contributed by atoms with Crippen LogP contribution in [0.2, 0.25) is 0 Å². The quantitative estimate of drug-likeness (QED) is 0.554. The van der Waals surface area contributed by atoms with Crippen molar-refractivity contribution in [3.05, 3.63) is 0 Å². The second-order valence-corrected chi connectivity index (χ2v) is 2.89. The number of ketones is 1. The van der Waals surface area contributed by atoms with Gasteiger partial charge in [0.05, 0.1) is 0 Å². The van der Waals surface area contributed by atoms with Crippen LogP contribution >= 0.6 is 0 Å². The Balaban J connectivity index is 2.18. The third kappa shape index (κ3) is 1.94. The van der Waals surface area contributed by atoms with E-state index in [0.717, 1.165) is 25.5 Å². The first-order valence-corrected chi connectivity index (χ1v) is 3.78. The minimum Gasteiger partial charge on any atom is -0.303 e. The second-order valence-electron chi connectivity index (χ2n) is 2.89. The third-order valence-electron chi connectivity index (χ3n) is 2.04. The van der Waals surface area contributed by atoms with Gasteiger partial charge in [0.2, 0.25) is 0 Å². The van der Waals surface area contributed by atoms with Crippen LogP contribution in [0.25, 0.3) is 0 Å². The Morgan fingerprint density at radius 1 is 1.60 bits per heavy atom. The van der Waals surface area contributed by atoms with Gasteiger partial charge in [-0.3, -0.25) is 4.79 Å². The minimum atomic E-state index is 0.371. The van der Waals surface area contributed by atoms with Crippen LogP contribution in [0.4, 0.5) is 0 Å². The molecule has 10 heavy (non-hydrogen) atoms. The predicted octanol–water partition coefficient (Wildman–Crippen LogP) is 1.33. The van der Waals surface area contributed by atoms with E-state index >= 15 is 0 Å². The van der Waals surface area contributed by atoms with Gasteiger partial charge in [-0.25, -0.2) is 0 Å². The minimum absolute atomic E-state index is 0.371. The maximum Gasteiger partial charge on any atom is 0.133 e. The third-order valence-corrected chi connectivity index (χ3v) is 2.04. The molecule has 2 heteroatoms. The molecule has 0 aromatic carbocycles. The maximum absolute atomic E-state index is 10.7. The molecule has 1 aliphatic rings. The van der Waals surface area contributed by atoms with E-state index in [1.807, 2.05) is 0 Å². The summed E-state index contributed by atoms with van der Waals surface area (Å²) in [6.45, 7) is 0. The monoisotopic (exact) mass is 140 g/mol. The summed E-state index contributed by atoms with van der Waals surface area (Å²) in [7, 11) is 0. The van der Waals surface area contributed by atoms with Gasteiger partial charge in [0.25, 0.3) is 0 Å². The van der Waals surface area contributed by atoms with E-state index in [0.29, 0.717) is 24.5 Å². The molecule has 1 fully saturated rings. The molecule has 0 aromatic heterocycles. The fraction of sp³-hybridized carbons (Fsp3) is 0.750. The zero-order valence-corrected chi connectivity index (χ0v) is 6.01. The SMILES string of the molecule is O=CCC[C@@H]1CCC(=O)C1. The average Bonchev–Trinajstić information content (AvgIpc) is 2.31. The number of aldehydes is 1. The van der Waals surface area contributed by atoms with Crippen LogP contribution in [0.1, 0.15) is 32.1 Å². The summed E-state index contributed by atoms with van der Waals surface area (Å²) < 4.78 is 0. The smallest absolute Gasteiger partial charge is 0.133 e. The summed E-state index contributed by atoms with van der Waals surface area (Å²) in [5.41, 5.74) is 0. The lowest BCUT2D eigenvalue weighted by Crippen LogP contribution is -1.95. The topological polar surface area (TPSA) is 34.1 Å². The Bertz CT molecular complexity index is 140. The van der Waals surface area contributed by atoms with Crippen LogP contribution in [0.5, 0.6) is 0 Å². The highest BCUT2D eigenvalue weighted by Crippen LogP contribution is 2.25. The maximum atomic E-state index is 10.7. The van der Waals surface area contributed by atoms with Crippen molar-refractivity contribution in [3.63, 3.8) is 0 Å². The van der Waals surface area contributed by atoms with E-state index < -0.39 is 0 Å². The van der Waals surface area contributed by atoms with Crippen molar-refractivity contribution in [3.8, 4) is 0 Å². The number of rotatable bonds is 3. The molecule has 0 aliphatic heterocycles. The van der Waals surface area contributed by atoms with Gasteiger partial charge in [0.1, 0.15) is 12.1 Å². The molecular formula is C8H12O2. The zero-order chi connectivity index (χ0) is 7.40. The molecule has 0 N–H and O–H groups in total. The molecule has 1 atom stereocenters. The first-order valence-electron chi connectivity index (χ1n) is 3.78. The van der Waals surface area contributed by atoms with Crippen LogP contribution in [0.3, 0.4) is 0 Å². The van der Waals surface area contributed by atoms with Crippen LogP contribution < -0.4 is 0 Å². The van der Waals surface area contributed by atoms with Crippen molar-refractivity contribution in [2.75, 3.05) is 0 Å². The normalized spacial score (nSPS) is 25.2. The molecule has 2 nitrogen and oxygen atoms in total. The van der Waals surface area contributed by atoms with Gasteiger partial charge in [-0.2, -0.15) is 0 Å². The molecule has 0 saturated heterocycles. The Kier molecular flexibility index (Phi) is 2.60. The summed E-state index contributed by atoms with van der Waals surface area (Å²) >= 11 is 0. The molecule has 0 amide bonds. The summed E-state index contributed by atoms with van der Waals surface area (Å²) in [6, 6.07) is 0. The predicted molar refractivity (Wildman–Crippen MR) is 37.6 cm³/mol. The van der Waals surface area contributed by atoms with Gasteiger partial charge in [-0.1, -0.05) is 0 Å². The molecule has 56 valence electrons. The van der Waals surface area contributed by atoms with E-state index in [9.17, 15) is 9.59 Å². The van der Waals surface area contributed by atoms with Crippen molar-refractivity contribution in [2.45, 2.75) is 32.1 Å². The Morgan fingerprint density at radius 3 is 2.90 bits per heavy atom. The summed E-state index contributed by atoms with van der Waals surface area (Å²) in [4.78, 5) is 20.7. The molecule has 0 bridgehead atoms. The molecule has 0 spiro atoms. The van der Waals surface area contributed by atoms with E-state index in [-0.39, 0.29) is 0 Å². The molecule has 0 aromatic rings. The summed E-state index contributed by atoms with van der Waals surface area (Å²) in [5, 5.41) is 0. The van der Waals surface area contributed by atoms with E-state index in [1.165, 1.54) is 0 Å². The number of carbonyl (C=O) groups is 2. The molecule has 1 rings (SSSR count). The molecule has 1 saturated carbocycles. The molecule has 0 unspecified atom stereocenters. The van der Waals surface area contributed by atoms with E-state index in [1.54, 1.807) is 0 Å². The summed E-state index contributed by atoms with van der Waals surface area (Å²) in [6.07, 6.45) is 4.93. The first-order chi connectivity index (χ1) is 4.83. The zero-order valence-electron chi connectivity index (χ0n) is 6.01. The Morgan fingerprint density at radius 2 is 2.40 bits per heavy atom. The van der Waals surface area contributed by atoms with Crippen molar-refractivity contribution < 1.29 is 9.59 Å². The van der Waals surface area contributed by atoms with Crippen LogP contribution in [0.15, 0.2) is 0 Å².